The first kappa shape index (κ1) is 17.2. The van der Waals surface area contributed by atoms with Crippen LogP contribution in [0.4, 0.5) is 18.9 Å². The van der Waals surface area contributed by atoms with Crippen LogP contribution in [0.1, 0.15) is 29.8 Å². The molecule has 0 aromatic heterocycles. The number of carbonyl (C=O) groups excluding carboxylic acids is 1. The minimum absolute atomic E-state index is 0.268. The summed E-state index contributed by atoms with van der Waals surface area (Å²) < 4.78 is 43.4. The largest absolute Gasteiger partial charge is 0.416 e. The third-order valence-electron chi connectivity index (χ3n) is 3.65. The number of hydrogen-bond acceptors (Lipinski definition) is 4. The van der Waals surface area contributed by atoms with Crippen molar-refractivity contribution in [2.45, 2.75) is 32.1 Å². The Morgan fingerprint density at radius 2 is 1.87 bits per heavy atom. The molecule has 23 heavy (non-hydrogen) atoms. The number of nitro benzene ring substituents is 1. The number of halogens is 3. The molecule has 1 saturated heterocycles. The molecule has 0 aliphatic carbocycles. The second kappa shape index (κ2) is 6.15. The maximum atomic E-state index is 12.7. The molecule has 0 radical (unpaired) electrons. The van der Waals surface area contributed by atoms with Crippen molar-refractivity contribution in [1.29, 1.82) is 0 Å². The van der Waals surface area contributed by atoms with Crippen LogP contribution in [0.25, 0.3) is 0 Å². The average molecular weight is 332 g/mol. The van der Waals surface area contributed by atoms with Crippen molar-refractivity contribution in [3.63, 3.8) is 0 Å². The zero-order valence-electron chi connectivity index (χ0n) is 12.5. The molecule has 1 aromatic rings. The lowest BCUT2D eigenvalue weighted by atomic mass is 10.0. The molecule has 1 aliphatic heterocycles. The second-order valence-corrected chi connectivity index (χ2v) is 5.43. The summed E-state index contributed by atoms with van der Waals surface area (Å²) in [6.45, 7) is 3.96. The summed E-state index contributed by atoms with van der Waals surface area (Å²) in [6, 6.07) is 1.28. The third-order valence-corrected chi connectivity index (χ3v) is 3.65. The van der Waals surface area contributed by atoms with Crippen LogP contribution in [0.2, 0.25) is 0 Å². The molecule has 0 unspecified atom stereocenters. The Labute approximate surface area is 130 Å². The lowest BCUT2D eigenvalue weighted by Crippen LogP contribution is -2.52. The number of ether oxygens (including phenoxy) is 1. The highest BCUT2D eigenvalue weighted by Crippen LogP contribution is 2.34. The molecule has 0 saturated carbocycles. The summed E-state index contributed by atoms with van der Waals surface area (Å²) in [5.41, 5.74) is -2.37. The zero-order chi connectivity index (χ0) is 17.4. The van der Waals surface area contributed by atoms with E-state index in [0.29, 0.717) is 12.1 Å². The monoisotopic (exact) mass is 332 g/mol. The van der Waals surface area contributed by atoms with Gasteiger partial charge in [0.2, 0.25) is 0 Å². The third kappa shape index (κ3) is 3.44. The van der Waals surface area contributed by atoms with Gasteiger partial charge in [0.15, 0.2) is 0 Å². The molecule has 126 valence electrons. The summed E-state index contributed by atoms with van der Waals surface area (Å²) in [7, 11) is 0. The van der Waals surface area contributed by atoms with Gasteiger partial charge in [0.1, 0.15) is 5.56 Å². The number of nitrogens with zero attached hydrogens (tertiary/aromatic N) is 2. The Balaban J connectivity index is 2.46. The Morgan fingerprint density at radius 3 is 2.35 bits per heavy atom. The lowest BCUT2D eigenvalue weighted by molar-refractivity contribution is -0.385. The zero-order valence-corrected chi connectivity index (χ0v) is 12.5. The van der Waals surface area contributed by atoms with Gasteiger partial charge in [0.05, 0.1) is 35.8 Å². The molecule has 0 spiro atoms. The van der Waals surface area contributed by atoms with Gasteiger partial charge in [-0.15, -0.1) is 0 Å². The average Bonchev–Trinajstić information content (AvgIpc) is 2.45. The molecule has 1 aliphatic rings. The molecular formula is C14H15F3N2O4. The number of carbonyl (C=O) groups is 1. The predicted molar refractivity (Wildman–Crippen MR) is 74.0 cm³/mol. The van der Waals surface area contributed by atoms with Crippen molar-refractivity contribution >= 4 is 11.6 Å². The summed E-state index contributed by atoms with van der Waals surface area (Å²) in [6.07, 6.45) is -4.72. The lowest BCUT2D eigenvalue weighted by Gasteiger charge is -2.38. The van der Waals surface area contributed by atoms with Gasteiger partial charge >= 0.3 is 6.18 Å². The van der Waals surface area contributed by atoms with E-state index in [0.717, 1.165) is 6.07 Å². The standard InChI is InChI=1S/C14H15F3N2O4/c1-8-6-23-7-9(2)18(8)13(20)11-4-3-10(14(15,16)17)5-12(11)19(21)22/h3-5,8-9H,6-7H2,1-2H3/t8-,9+. The van der Waals surface area contributed by atoms with Gasteiger partial charge in [-0.1, -0.05) is 0 Å². The molecule has 2 atom stereocenters. The minimum atomic E-state index is -4.72. The second-order valence-electron chi connectivity index (χ2n) is 5.43. The van der Waals surface area contributed by atoms with E-state index in [1.54, 1.807) is 13.8 Å². The summed E-state index contributed by atoms with van der Waals surface area (Å²) in [4.78, 5) is 24.1. The van der Waals surface area contributed by atoms with Crippen LogP contribution in [-0.4, -0.2) is 41.0 Å². The molecule has 1 heterocycles. The summed E-state index contributed by atoms with van der Waals surface area (Å²) >= 11 is 0. The van der Waals surface area contributed by atoms with Crippen LogP contribution < -0.4 is 0 Å². The van der Waals surface area contributed by atoms with Gasteiger partial charge in [-0.2, -0.15) is 13.2 Å². The Morgan fingerprint density at radius 1 is 1.30 bits per heavy atom. The minimum Gasteiger partial charge on any atom is -0.377 e. The van der Waals surface area contributed by atoms with Crippen molar-refractivity contribution in [3.05, 3.63) is 39.4 Å². The van der Waals surface area contributed by atoms with Gasteiger partial charge < -0.3 is 9.64 Å². The highest BCUT2D eigenvalue weighted by molar-refractivity contribution is 5.98. The topological polar surface area (TPSA) is 72.7 Å². The first-order chi connectivity index (χ1) is 10.6. The highest BCUT2D eigenvalue weighted by atomic mass is 19.4. The van der Waals surface area contributed by atoms with Crippen molar-refractivity contribution in [1.82, 2.24) is 4.90 Å². The molecular weight excluding hydrogens is 317 g/mol. The van der Waals surface area contributed by atoms with Crippen LogP contribution in [0.5, 0.6) is 0 Å². The fourth-order valence-corrected chi connectivity index (χ4v) is 2.58. The van der Waals surface area contributed by atoms with Crippen LogP contribution in [0, 0.1) is 10.1 Å². The smallest absolute Gasteiger partial charge is 0.377 e. The van der Waals surface area contributed by atoms with Crippen molar-refractivity contribution in [2.75, 3.05) is 13.2 Å². The maximum Gasteiger partial charge on any atom is 0.416 e. The fourth-order valence-electron chi connectivity index (χ4n) is 2.58. The normalized spacial score (nSPS) is 22.0. The first-order valence-corrected chi connectivity index (χ1v) is 6.89. The number of amides is 1. The van der Waals surface area contributed by atoms with Crippen LogP contribution in [0.3, 0.4) is 0 Å². The molecule has 1 aromatic carbocycles. The number of hydrogen-bond donors (Lipinski definition) is 0. The van der Waals surface area contributed by atoms with E-state index in [9.17, 15) is 28.1 Å². The predicted octanol–water partition coefficient (Wildman–Crippen LogP) is 2.86. The van der Waals surface area contributed by atoms with E-state index in [-0.39, 0.29) is 30.9 Å². The van der Waals surface area contributed by atoms with E-state index in [2.05, 4.69) is 0 Å². The number of nitro groups is 1. The Kier molecular flexibility index (Phi) is 4.60. The first-order valence-electron chi connectivity index (χ1n) is 6.89. The van der Waals surface area contributed by atoms with Crippen molar-refractivity contribution in [3.8, 4) is 0 Å². The fraction of sp³-hybridized carbons (Fsp3) is 0.500. The Hall–Kier alpha value is -2.16. The number of alkyl halides is 3. The number of benzene rings is 1. The van der Waals surface area contributed by atoms with Gasteiger partial charge in [-0.05, 0) is 26.0 Å². The number of rotatable bonds is 2. The van der Waals surface area contributed by atoms with E-state index < -0.39 is 28.3 Å². The molecule has 0 N–H and O–H groups in total. The van der Waals surface area contributed by atoms with Gasteiger partial charge in [-0.3, -0.25) is 14.9 Å². The highest BCUT2D eigenvalue weighted by Gasteiger charge is 2.37. The van der Waals surface area contributed by atoms with Crippen molar-refractivity contribution in [2.24, 2.45) is 0 Å². The molecule has 1 fully saturated rings. The summed E-state index contributed by atoms with van der Waals surface area (Å²) in [5, 5.41) is 11.1. The maximum absolute atomic E-state index is 12.7. The molecule has 6 nitrogen and oxygen atoms in total. The van der Waals surface area contributed by atoms with Crippen molar-refractivity contribution < 1.29 is 27.6 Å². The van der Waals surface area contributed by atoms with Gasteiger partial charge in [0, 0.05) is 6.07 Å². The Bertz CT molecular complexity index is 623. The quantitative estimate of drug-likeness (QED) is 0.617. The number of morpholine rings is 1. The van der Waals surface area contributed by atoms with E-state index in [4.69, 9.17) is 4.74 Å². The van der Waals surface area contributed by atoms with Gasteiger partial charge in [-0.25, -0.2) is 0 Å². The van der Waals surface area contributed by atoms with Crippen LogP contribution >= 0.6 is 0 Å². The molecule has 0 bridgehead atoms. The molecule has 2 rings (SSSR count). The van der Waals surface area contributed by atoms with E-state index in [1.807, 2.05) is 0 Å². The van der Waals surface area contributed by atoms with Crippen LogP contribution in [-0.2, 0) is 10.9 Å². The van der Waals surface area contributed by atoms with E-state index >= 15 is 0 Å². The van der Waals surface area contributed by atoms with E-state index in [1.165, 1.54) is 4.90 Å². The summed E-state index contributed by atoms with van der Waals surface area (Å²) in [5.74, 6) is -0.672. The SMILES string of the molecule is C[C@@H]1COC[C@H](C)N1C(=O)c1ccc(C(F)(F)F)cc1[N+](=O)[O-]. The molecule has 9 heteroatoms. The van der Waals surface area contributed by atoms with Crippen LogP contribution in [0.15, 0.2) is 18.2 Å². The molecule has 1 amide bonds. The van der Waals surface area contributed by atoms with Gasteiger partial charge in [0.25, 0.3) is 11.6 Å².